The molecular formula is C10H5F2NO. The van der Waals surface area contributed by atoms with Crippen molar-refractivity contribution in [2.75, 3.05) is 0 Å². The predicted molar refractivity (Wildman–Crippen MR) is 47.0 cm³/mol. The first-order valence-corrected chi connectivity index (χ1v) is 3.91. The average Bonchev–Trinajstić information content (AvgIpc) is 2.17. The van der Waals surface area contributed by atoms with E-state index in [9.17, 15) is 13.6 Å². The number of aldehydes is 1. The highest BCUT2D eigenvalue weighted by molar-refractivity contribution is 5.96. The van der Waals surface area contributed by atoms with Crippen LogP contribution in [0.15, 0.2) is 24.4 Å². The molecule has 70 valence electrons. The van der Waals surface area contributed by atoms with Crippen LogP contribution in [-0.2, 0) is 0 Å². The third kappa shape index (κ3) is 1.25. The lowest BCUT2D eigenvalue weighted by Gasteiger charge is -2.01. The van der Waals surface area contributed by atoms with E-state index in [1.54, 1.807) is 0 Å². The number of carbonyl (C=O) groups excluding carboxylic acids is 1. The molecule has 0 fully saturated rings. The zero-order chi connectivity index (χ0) is 10.1. The number of hydrogen-bond donors (Lipinski definition) is 0. The molecule has 14 heavy (non-hydrogen) atoms. The van der Waals surface area contributed by atoms with Crippen LogP contribution in [-0.4, -0.2) is 11.3 Å². The molecule has 0 saturated heterocycles. The molecule has 0 radical (unpaired) electrons. The lowest BCUT2D eigenvalue weighted by Crippen LogP contribution is -1.91. The molecule has 0 bridgehead atoms. The van der Waals surface area contributed by atoms with Gasteiger partial charge in [0, 0.05) is 23.0 Å². The highest BCUT2D eigenvalue weighted by Gasteiger charge is 2.07. The highest BCUT2D eigenvalue weighted by atomic mass is 19.1. The Morgan fingerprint density at radius 1 is 1.21 bits per heavy atom. The van der Waals surface area contributed by atoms with Crippen LogP contribution in [0.4, 0.5) is 8.78 Å². The fourth-order valence-electron chi connectivity index (χ4n) is 1.32. The van der Waals surface area contributed by atoms with Gasteiger partial charge in [0.15, 0.2) is 6.29 Å². The lowest BCUT2D eigenvalue weighted by molar-refractivity contribution is 0.112. The highest BCUT2D eigenvalue weighted by Crippen LogP contribution is 2.20. The summed E-state index contributed by atoms with van der Waals surface area (Å²) in [6, 6.07) is 3.27. The first-order chi connectivity index (χ1) is 6.72. The van der Waals surface area contributed by atoms with Crippen LogP contribution in [0.25, 0.3) is 10.8 Å². The van der Waals surface area contributed by atoms with Gasteiger partial charge in [-0.3, -0.25) is 9.78 Å². The Morgan fingerprint density at radius 2 is 2.00 bits per heavy atom. The molecule has 0 amide bonds. The Balaban J connectivity index is 2.93. The molecule has 2 nitrogen and oxygen atoms in total. The SMILES string of the molecule is O=Cc1nccc2c(F)cc(F)cc12. The Kier molecular flexibility index (Phi) is 1.96. The smallest absolute Gasteiger partial charge is 0.169 e. The zero-order valence-corrected chi connectivity index (χ0v) is 7.00. The molecule has 2 rings (SSSR count). The van der Waals surface area contributed by atoms with E-state index in [4.69, 9.17) is 0 Å². The van der Waals surface area contributed by atoms with Gasteiger partial charge >= 0.3 is 0 Å². The first-order valence-electron chi connectivity index (χ1n) is 3.91. The summed E-state index contributed by atoms with van der Waals surface area (Å²) in [5, 5.41) is 0.392. The molecule has 0 unspecified atom stereocenters. The second-order valence-electron chi connectivity index (χ2n) is 2.80. The fraction of sp³-hybridized carbons (Fsp3) is 0. The molecule has 0 saturated carbocycles. The second kappa shape index (κ2) is 3.14. The van der Waals surface area contributed by atoms with Gasteiger partial charge in [-0.05, 0) is 12.1 Å². The quantitative estimate of drug-likeness (QED) is 0.650. The van der Waals surface area contributed by atoms with Gasteiger partial charge in [0.1, 0.15) is 17.3 Å². The van der Waals surface area contributed by atoms with Crippen molar-refractivity contribution >= 4 is 17.1 Å². The van der Waals surface area contributed by atoms with E-state index < -0.39 is 11.6 Å². The van der Waals surface area contributed by atoms with E-state index in [1.807, 2.05) is 0 Å². The molecule has 1 heterocycles. The zero-order valence-electron chi connectivity index (χ0n) is 7.00. The van der Waals surface area contributed by atoms with Crippen molar-refractivity contribution in [3.63, 3.8) is 0 Å². The Hall–Kier alpha value is -1.84. The van der Waals surface area contributed by atoms with E-state index in [0.29, 0.717) is 6.29 Å². The summed E-state index contributed by atoms with van der Waals surface area (Å²) in [7, 11) is 0. The van der Waals surface area contributed by atoms with Crippen molar-refractivity contribution in [1.29, 1.82) is 0 Å². The van der Waals surface area contributed by atoms with Crippen LogP contribution in [0.3, 0.4) is 0 Å². The van der Waals surface area contributed by atoms with Gasteiger partial charge in [0.05, 0.1) is 0 Å². The normalized spacial score (nSPS) is 10.4. The van der Waals surface area contributed by atoms with Crippen LogP contribution in [0.2, 0.25) is 0 Å². The topological polar surface area (TPSA) is 30.0 Å². The van der Waals surface area contributed by atoms with E-state index in [2.05, 4.69) is 4.98 Å². The first kappa shape index (κ1) is 8.74. The average molecular weight is 193 g/mol. The van der Waals surface area contributed by atoms with Crippen LogP contribution in [0.1, 0.15) is 10.5 Å². The Labute approximate surface area is 78.2 Å². The molecule has 0 aliphatic rings. The van der Waals surface area contributed by atoms with Gasteiger partial charge in [-0.25, -0.2) is 8.78 Å². The van der Waals surface area contributed by atoms with Crippen molar-refractivity contribution < 1.29 is 13.6 Å². The maximum absolute atomic E-state index is 13.2. The van der Waals surface area contributed by atoms with E-state index >= 15 is 0 Å². The molecule has 0 N–H and O–H groups in total. The van der Waals surface area contributed by atoms with Crippen LogP contribution >= 0.6 is 0 Å². The molecule has 1 aromatic heterocycles. The number of nitrogens with zero attached hydrogens (tertiary/aromatic N) is 1. The second-order valence-corrected chi connectivity index (χ2v) is 2.80. The summed E-state index contributed by atoms with van der Waals surface area (Å²) >= 11 is 0. The van der Waals surface area contributed by atoms with E-state index in [0.717, 1.165) is 12.1 Å². The third-order valence-corrected chi connectivity index (χ3v) is 1.94. The monoisotopic (exact) mass is 193 g/mol. The third-order valence-electron chi connectivity index (χ3n) is 1.94. The minimum atomic E-state index is -0.717. The van der Waals surface area contributed by atoms with Gasteiger partial charge in [-0.15, -0.1) is 0 Å². The molecule has 0 spiro atoms. The molecule has 4 heteroatoms. The minimum Gasteiger partial charge on any atom is -0.296 e. The number of carbonyl (C=O) groups is 1. The molecule has 0 aliphatic heterocycles. The number of halogens is 2. The number of aromatic nitrogens is 1. The molecule has 0 aliphatic carbocycles. The van der Waals surface area contributed by atoms with Gasteiger partial charge < -0.3 is 0 Å². The molecular weight excluding hydrogens is 188 g/mol. The maximum atomic E-state index is 13.2. The summed E-state index contributed by atoms with van der Waals surface area (Å²) in [4.78, 5) is 14.2. The number of fused-ring (bicyclic) bond motifs is 1. The van der Waals surface area contributed by atoms with Gasteiger partial charge in [-0.1, -0.05) is 0 Å². The van der Waals surface area contributed by atoms with Crippen molar-refractivity contribution in [2.45, 2.75) is 0 Å². The van der Waals surface area contributed by atoms with Crippen LogP contribution in [0.5, 0.6) is 0 Å². The van der Waals surface area contributed by atoms with Crippen molar-refractivity contribution in [3.8, 4) is 0 Å². The lowest BCUT2D eigenvalue weighted by atomic mass is 10.1. The van der Waals surface area contributed by atoms with E-state index in [1.165, 1.54) is 12.3 Å². The van der Waals surface area contributed by atoms with Gasteiger partial charge in [-0.2, -0.15) is 0 Å². The summed E-state index contributed by atoms with van der Waals surface area (Å²) in [6.45, 7) is 0. The predicted octanol–water partition coefficient (Wildman–Crippen LogP) is 2.33. The molecule has 1 aromatic carbocycles. The Bertz CT molecular complexity index is 511. The van der Waals surface area contributed by atoms with Crippen LogP contribution in [0, 0.1) is 11.6 Å². The number of rotatable bonds is 1. The maximum Gasteiger partial charge on any atom is 0.169 e. The number of benzene rings is 1. The molecule has 2 aromatic rings. The van der Waals surface area contributed by atoms with E-state index in [-0.39, 0.29) is 16.5 Å². The van der Waals surface area contributed by atoms with Gasteiger partial charge in [0.25, 0.3) is 0 Å². The minimum absolute atomic E-state index is 0.0425. The summed E-state index contributed by atoms with van der Waals surface area (Å²) in [5.74, 6) is -1.41. The molecule has 0 atom stereocenters. The van der Waals surface area contributed by atoms with Gasteiger partial charge in [0.2, 0.25) is 0 Å². The van der Waals surface area contributed by atoms with Crippen molar-refractivity contribution in [3.05, 3.63) is 41.7 Å². The largest absolute Gasteiger partial charge is 0.296 e. The van der Waals surface area contributed by atoms with Crippen molar-refractivity contribution in [1.82, 2.24) is 4.98 Å². The fourth-order valence-corrected chi connectivity index (χ4v) is 1.32. The summed E-state index contributed by atoms with van der Waals surface area (Å²) < 4.78 is 26.0. The van der Waals surface area contributed by atoms with Crippen molar-refractivity contribution in [2.24, 2.45) is 0 Å². The summed E-state index contributed by atoms with van der Waals surface area (Å²) in [6.07, 6.45) is 1.79. The Morgan fingerprint density at radius 3 is 2.71 bits per heavy atom. The number of hydrogen-bond acceptors (Lipinski definition) is 2. The standard InChI is InChI=1S/C10H5F2NO/c11-6-3-8-7(9(12)4-6)1-2-13-10(8)5-14/h1-5H. The number of pyridine rings is 1. The summed E-state index contributed by atoms with van der Waals surface area (Å²) in [5.41, 5.74) is 0.0425. The van der Waals surface area contributed by atoms with Crippen LogP contribution < -0.4 is 0 Å².